The van der Waals surface area contributed by atoms with Crippen LogP contribution in [0, 0.1) is 10.1 Å². The number of ketones is 1. The predicted molar refractivity (Wildman–Crippen MR) is 82.0 cm³/mol. The molecular weight excluding hydrogens is 282 g/mol. The van der Waals surface area contributed by atoms with Crippen molar-refractivity contribution in [2.24, 2.45) is 5.10 Å². The topological polar surface area (TPSA) is 84.6 Å². The van der Waals surface area contributed by atoms with Crippen molar-refractivity contribution < 1.29 is 9.72 Å². The molecule has 22 heavy (non-hydrogen) atoms. The SMILES string of the molecule is O=C(C1=NNCC1c1ccccc1)c1ccc([N+](=O)[O-])cc1. The van der Waals surface area contributed by atoms with Crippen molar-refractivity contribution in [3.05, 3.63) is 75.8 Å². The van der Waals surface area contributed by atoms with Gasteiger partial charge < -0.3 is 5.43 Å². The van der Waals surface area contributed by atoms with Crippen LogP contribution in [-0.2, 0) is 0 Å². The lowest BCUT2D eigenvalue weighted by molar-refractivity contribution is -0.384. The number of hydrazone groups is 1. The Morgan fingerprint density at radius 1 is 1.14 bits per heavy atom. The number of Topliss-reactive ketones (excluding diaryl/α,β-unsaturated/α-hetero) is 1. The van der Waals surface area contributed by atoms with Crippen LogP contribution in [-0.4, -0.2) is 23.0 Å². The molecule has 1 N–H and O–H groups in total. The molecule has 110 valence electrons. The zero-order valence-electron chi connectivity index (χ0n) is 11.6. The van der Waals surface area contributed by atoms with Gasteiger partial charge in [0.1, 0.15) is 5.71 Å². The molecule has 0 amide bonds. The van der Waals surface area contributed by atoms with E-state index < -0.39 is 4.92 Å². The molecular formula is C16H13N3O3. The predicted octanol–water partition coefficient (Wildman–Crippen LogP) is 2.52. The second-order valence-electron chi connectivity index (χ2n) is 4.96. The first-order chi connectivity index (χ1) is 10.7. The van der Waals surface area contributed by atoms with Crippen LogP contribution in [0.25, 0.3) is 0 Å². The van der Waals surface area contributed by atoms with Gasteiger partial charge >= 0.3 is 0 Å². The smallest absolute Gasteiger partial charge is 0.269 e. The molecule has 1 heterocycles. The molecule has 3 rings (SSSR count). The Labute approximate surface area is 126 Å². The van der Waals surface area contributed by atoms with Gasteiger partial charge in [-0.15, -0.1) is 0 Å². The second-order valence-corrected chi connectivity index (χ2v) is 4.96. The summed E-state index contributed by atoms with van der Waals surface area (Å²) in [6.07, 6.45) is 0. The molecule has 0 saturated heterocycles. The van der Waals surface area contributed by atoms with Gasteiger partial charge in [0.2, 0.25) is 5.78 Å². The number of hydrogen-bond donors (Lipinski definition) is 1. The Morgan fingerprint density at radius 2 is 1.82 bits per heavy atom. The second kappa shape index (κ2) is 5.77. The van der Waals surface area contributed by atoms with Crippen LogP contribution in [0.2, 0.25) is 0 Å². The zero-order chi connectivity index (χ0) is 15.5. The van der Waals surface area contributed by atoms with E-state index in [1.165, 1.54) is 24.3 Å². The minimum Gasteiger partial charge on any atom is -0.309 e. The number of nitro groups is 1. The van der Waals surface area contributed by atoms with Crippen LogP contribution in [0.1, 0.15) is 21.8 Å². The Morgan fingerprint density at radius 3 is 2.45 bits per heavy atom. The first kappa shape index (κ1) is 13.9. The fraction of sp³-hybridized carbons (Fsp3) is 0.125. The van der Waals surface area contributed by atoms with E-state index in [2.05, 4.69) is 10.5 Å². The van der Waals surface area contributed by atoms with Gasteiger partial charge in [0.25, 0.3) is 5.69 Å². The fourth-order valence-electron chi connectivity index (χ4n) is 2.45. The minimum atomic E-state index is -0.490. The number of nitrogens with zero attached hydrogens (tertiary/aromatic N) is 2. The number of non-ortho nitro benzene ring substituents is 1. The van der Waals surface area contributed by atoms with Crippen LogP contribution in [0.3, 0.4) is 0 Å². The third-order valence-electron chi connectivity index (χ3n) is 3.60. The molecule has 0 radical (unpaired) electrons. The van der Waals surface area contributed by atoms with Gasteiger partial charge in [-0.2, -0.15) is 5.10 Å². The van der Waals surface area contributed by atoms with Crippen LogP contribution in [0.5, 0.6) is 0 Å². The van der Waals surface area contributed by atoms with Gasteiger partial charge in [-0.1, -0.05) is 30.3 Å². The highest BCUT2D eigenvalue weighted by atomic mass is 16.6. The summed E-state index contributed by atoms with van der Waals surface area (Å²) >= 11 is 0. The lowest BCUT2D eigenvalue weighted by Gasteiger charge is -2.11. The molecule has 1 unspecified atom stereocenters. The summed E-state index contributed by atoms with van der Waals surface area (Å²) in [6, 6.07) is 15.2. The van der Waals surface area contributed by atoms with Gasteiger partial charge in [-0.3, -0.25) is 14.9 Å². The number of carbonyl (C=O) groups excluding carboxylic acids is 1. The molecule has 0 bridgehead atoms. The summed E-state index contributed by atoms with van der Waals surface area (Å²) in [7, 11) is 0. The molecule has 2 aromatic rings. The van der Waals surface area contributed by atoms with Gasteiger partial charge in [0, 0.05) is 24.2 Å². The lowest BCUT2D eigenvalue weighted by Crippen LogP contribution is -2.21. The molecule has 1 aliphatic heterocycles. The normalized spacial score (nSPS) is 16.7. The molecule has 6 heteroatoms. The van der Waals surface area contributed by atoms with Gasteiger partial charge in [-0.05, 0) is 17.7 Å². The van der Waals surface area contributed by atoms with E-state index in [4.69, 9.17) is 0 Å². The fourth-order valence-corrected chi connectivity index (χ4v) is 2.45. The Bertz CT molecular complexity index is 739. The van der Waals surface area contributed by atoms with Crippen molar-refractivity contribution in [3.63, 3.8) is 0 Å². The van der Waals surface area contributed by atoms with Crippen molar-refractivity contribution in [1.82, 2.24) is 5.43 Å². The van der Waals surface area contributed by atoms with E-state index in [1.807, 2.05) is 30.3 Å². The Kier molecular flexibility index (Phi) is 3.65. The van der Waals surface area contributed by atoms with Gasteiger partial charge in [0.05, 0.1) is 10.8 Å². The monoisotopic (exact) mass is 295 g/mol. The summed E-state index contributed by atoms with van der Waals surface area (Å²) in [5.74, 6) is -0.322. The molecule has 0 saturated carbocycles. The van der Waals surface area contributed by atoms with E-state index in [0.717, 1.165) is 5.56 Å². The maximum atomic E-state index is 12.6. The van der Waals surface area contributed by atoms with Crippen molar-refractivity contribution in [3.8, 4) is 0 Å². The van der Waals surface area contributed by atoms with Crippen LogP contribution < -0.4 is 5.43 Å². The van der Waals surface area contributed by atoms with E-state index in [-0.39, 0.29) is 17.4 Å². The van der Waals surface area contributed by atoms with Crippen molar-refractivity contribution in [2.45, 2.75) is 5.92 Å². The third-order valence-corrected chi connectivity index (χ3v) is 3.60. The molecule has 0 fully saturated rings. The van der Waals surface area contributed by atoms with E-state index in [0.29, 0.717) is 17.8 Å². The summed E-state index contributed by atoms with van der Waals surface area (Å²) in [6.45, 7) is 0.568. The number of nitro benzene ring substituents is 1. The molecule has 1 atom stereocenters. The number of rotatable bonds is 4. The minimum absolute atomic E-state index is 0.0392. The number of benzene rings is 2. The Balaban J connectivity index is 1.86. The van der Waals surface area contributed by atoms with Crippen LogP contribution >= 0.6 is 0 Å². The first-order valence-corrected chi connectivity index (χ1v) is 6.81. The van der Waals surface area contributed by atoms with Crippen molar-refractivity contribution in [2.75, 3.05) is 6.54 Å². The summed E-state index contributed by atoms with van der Waals surface area (Å²) < 4.78 is 0. The Hall–Kier alpha value is -3.02. The standard InChI is InChI=1S/C16H13N3O3/c20-16(12-6-8-13(9-7-12)19(21)22)15-14(10-17-18-15)11-4-2-1-3-5-11/h1-9,14,17H,10H2. The maximum Gasteiger partial charge on any atom is 0.269 e. The van der Waals surface area contributed by atoms with E-state index in [9.17, 15) is 14.9 Å². The highest BCUT2D eigenvalue weighted by Crippen LogP contribution is 2.23. The summed E-state index contributed by atoms with van der Waals surface area (Å²) in [5.41, 5.74) is 4.66. The van der Waals surface area contributed by atoms with E-state index >= 15 is 0 Å². The van der Waals surface area contributed by atoms with Crippen LogP contribution in [0.4, 0.5) is 5.69 Å². The van der Waals surface area contributed by atoms with Gasteiger partial charge in [-0.25, -0.2) is 0 Å². The van der Waals surface area contributed by atoms with E-state index in [1.54, 1.807) is 0 Å². The number of carbonyl (C=O) groups is 1. The molecule has 0 aliphatic carbocycles. The highest BCUT2D eigenvalue weighted by molar-refractivity contribution is 6.48. The molecule has 6 nitrogen and oxygen atoms in total. The van der Waals surface area contributed by atoms with Crippen molar-refractivity contribution in [1.29, 1.82) is 0 Å². The zero-order valence-corrected chi connectivity index (χ0v) is 11.6. The number of hydrogen-bond acceptors (Lipinski definition) is 5. The summed E-state index contributed by atoms with van der Waals surface area (Å²) in [4.78, 5) is 22.7. The van der Waals surface area contributed by atoms with Crippen LogP contribution in [0.15, 0.2) is 59.7 Å². The number of nitrogens with one attached hydrogen (secondary N) is 1. The average Bonchev–Trinajstić information content (AvgIpc) is 3.04. The third kappa shape index (κ3) is 2.58. The summed E-state index contributed by atoms with van der Waals surface area (Å²) in [5, 5.41) is 14.8. The molecule has 1 aliphatic rings. The molecule has 2 aromatic carbocycles. The lowest BCUT2D eigenvalue weighted by atomic mass is 9.90. The molecule has 0 aromatic heterocycles. The molecule has 0 spiro atoms. The maximum absolute atomic E-state index is 12.6. The largest absolute Gasteiger partial charge is 0.309 e. The van der Waals surface area contributed by atoms with Crippen molar-refractivity contribution >= 4 is 17.2 Å². The average molecular weight is 295 g/mol. The quantitative estimate of drug-likeness (QED) is 0.533. The first-order valence-electron chi connectivity index (χ1n) is 6.81. The van der Waals surface area contributed by atoms with Gasteiger partial charge in [0.15, 0.2) is 0 Å². The highest BCUT2D eigenvalue weighted by Gasteiger charge is 2.29.